The van der Waals surface area contributed by atoms with Gasteiger partial charge in [-0.25, -0.2) is 0 Å². The maximum atomic E-state index is 5.58. The van der Waals surface area contributed by atoms with Gasteiger partial charge in [0.2, 0.25) is 0 Å². The minimum Gasteiger partial charge on any atom is -0.377 e. The van der Waals surface area contributed by atoms with Gasteiger partial charge in [0, 0.05) is 7.11 Å². The number of hydrogen-bond donors (Lipinski definition) is 0. The Hall–Kier alpha value is -3.16. The average molecular weight is 433 g/mol. The number of ether oxygens (including phenoxy) is 1. The van der Waals surface area contributed by atoms with Gasteiger partial charge < -0.3 is 4.74 Å². The Morgan fingerprint density at radius 2 is 1.03 bits per heavy atom. The fraction of sp³-hybridized carbons (Fsp3) is 0.250. The van der Waals surface area contributed by atoms with Crippen LogP contribution in [0.25, 0.3) is 54.2 Å². The molecule has 0 saturated carbocycles. The third kappa shape index (κ3) is 3.18. The maximum Gasteiger partial charge on any atom is 0.0793 e. The van der Waals surface area contributed by atoms with Gasteiger partial charge >= 0.3 is 0 Å². The molecule has 0 amide bonds. The highest BCUT2D eigenvalue weighted by molar-refractivity contribution is 6.34. The molecule has 33 heavy (non-hydrogen) atoms. The number of fused-ring (bicyclic) bond motifs is 2. The van der Waals surface area contributed by atoms with Crippen molar-refractivity contribution < 1.29 is 4.74 Å². The summed E-state index contributed by atoms with van der Waals surface area (Å²) < 4.78 is 5.58. The van der Waals surface area contributed by atoms with Gasteiger partial charge in [0.05, 0.1) is 6.10 Å². The minimum atomic E-state index is -0.0297. The predicted molar refractivity (Wildman–Crippen MR) is 146 cm³/mol. The summed E-state index contributed by atoms with van der Waals surface area (Å²) >= 11 is 0. The summed E-state index contributed by atoms with van der Waals surface area (Å²) in [5.74, 6) is 0.983. The van der Waals surface area contributed by atoms with Gasteiger partial charge in [-0.2, -0.15) is 0 Å². The van der Waals surface area contributed by atoms with E-state index in [1.165, 1.54) is 54.2 Å². The molecule has 166 valence electrons. The van der Waals surface area contributed by atoms with Crippen LogP contribution in [0.5, 0.6) is 0 Å². The number of hydrogen-bond acceptors (Lipinski definition) is 1. The first-order valence-electron chi connectivity index (χ1n) is 11.9. The van der Waals surface area contributed by atoms with E-state index in [9.17, 15) is 0 Å². The number of rotatable bonds is 6. The first kappa shape index (κ1) is 21.7. The first-order valence-corrected chi connectivity index (χ1v) is 11.9. The number of methoxy groups -OCH3 is 1. The van der Waals surface area contributed by atoms with Crippen molar-refractivity contribution in [1.29, 1.82) is 0 Å². The van der Waals surface area contributed by atoms with E-state index in [4.69, 9.17) is 4.74 Å². The first-order chi connectivity index (χ1) is 15.8. The van der Waals surface area contributed by atoms with E-state index in [2.05, 4.69) is 102 Å². The molecule has 5 rings (SSSR count). The molecule has 0 N–H and O–H groups in total. The van der Waals surface area contributed by atoms with Gasteiger partial charge in [-0.1, -0.05) is 94.6 Å². The average Bonchev–Trinajstić information content (AvgIpc) is 2.84. The Morgan fingerprint density at radius 3 is 1.48 bits per heavy atom. The molecule has 5 aromatic carbocycles. The molecule has 5 aromatic rings. The summed E-state index contributed by atoms with van der Waals surface area (Å²) in [6, 6.07) is 22.4. The third-order valence-corrected chi connectivity index (χ3v) is 7.75. The Bertz CT molecular complexity index is 1510. The third-order valence-electron chi connectivity index (χ3n) is 7.75. The quantitative estimate of drug-likeness (QED) is 0.192. The molecule has 0 aromatic heterocycles. The maximum absolute atomic E-state index is 5.58. The van der Waals surface area contributed by atoms with Crippen molar-refractivity contribution >= 4 is 54.2 Å². The normalized spacial score (nSPS) is 14.0. The van der Waals surface area contributed by atoms with Crippen molar-refractivity contribution in [1.82, 2.24) is 0 Å². The lowest BCUT2D eigenvalue weighted by atomic mass is 9.82. The summed E-state index contributed by atoms with van der Waals surface area (Å²) in [6.45, 7) is 17.8. The van der Waals surface area contributed by atoms with Crippen molar-refractivity contribution in [2.75, 3.05) is 7.11 Å². The van der Waals surface area contributed by atoms with Crippen LogP contribution in [0.15, 0.2) is 73.8 Å². The molecule has 0 aliphatic heterocycles. The lowest BCUT2D eigenvalue weighted by Gasteiger charge is -2.23. The molecule has 0 aliphatic rings. The summed E-state index contributed by atoms with van der Waals surface area (Å²) in [5.41, 5.74) is 4.67. The second-order valence-corrected chi connectivity index (χ2v) is 9.74. The van der Waals surface area contributed by atoms with Crippen LogP contribution in [-0.4, -0.2) is 13.2 Å². The second kappa shape index (κ2) is 8.01. The lowest BCUT2D eigenvalue weighted by Crippen LogP contribution is -2.07. The Kier molecular flexibility index (Phi) is 5.26. The van der Waals surface area contributed by atoms with Crippen LogP contribution in [0, 0.1) is 11.8 Å². The molecule has 0 bridgehead atoms. The highest BCUT2D eigenvalue weighted by atomic mass is 16.5. The largest absolute Gasteiger partial charge is 0.377 e. The molecule has 2 atom stereocenters. The van der Waals surface area contributed by atoms with E-state index in [0.717, 1.165) is 11.1 Å². The zero-order valence-electron chi connectivity index (χ0n) is 20.3. The van der Waals surface area contributed by atoms with Gasteiger partial charge in [-0.3, -0.25) is 0 Å². The molecular formula is C32H32O. The van der Waals surface area contributed by atoms with E-state index in [1.54, 1.807) is 7.11 Å². The summed E-state index contributed by atoms with van der Waals surface area (Å²) in [4.78, 5) is 0. The molecule has 1 heteroatoms. The molecule has 0 spiro atoms. The van der Waals surface area contributed by atoms with Crippen LogP contribution in [0.2, 0.25) is 0 Å². The van der Waals surface area contributed by atoms with Crippen molar-refractivity contribution in [3.05, 3.63) is 84.9 Å². The molecule has 1 nitrogen and oxygen atoms in total. The predicted octanol–water partition coefficient (Wildman–Crippen LogP) is 9.09. The fourth-order valence-electron chi connectivity index (χ4n) is 5.28. The molecule has 0 fully saturated rings. The van der Waals surface area contributed by atoms with E-state index < -0.39 is 0 Å². The van der Waals surface area contributed by atoms with Crippen LogP contribution in [0.3, 0.4) is 0 Å². The highest BCUT2D eigenvalue weighted by Gasteiger charge is 2.20. The summed E-state index contributed by atoms with van der Waals surface area (Å²) in [7, 11) is 1.74. The van der Waals surface area contributed by atoms with Crippen LogP contribution >= 0.6 is 0 Å². The van der Waals surface area contributed by atoms with Crippen molar-refractivity contribution in [3.63, 3.8) is 0 Å². The zero-order valence-corrected chi connectivity index (χ0v) is 20.3. The van der Waals surface area contributed by atoms with Crippen LogP contribution < -0.4 is 0 Å². The van der Waals surface area contributed by atoms with Gasteiger partial charge in [0.1, 0.15) is 0 Å². The molecule has 0 saturated heterocycles. The zero-order chi connectivity index (χ0) is 23.4. The molecule has 1 unspecified atom stereocenters. The van der Waals surface area contributed by atoms with Crippen molar-refractivity contribution in [2.24, 2.45) is 11.8 Å². The smallest absolute Gasteiger partial charge is 0.0793 e. The summed E-state index contributed by atoms with van der Waals surface area (Å²) in [5, 5.41) is 10.4. The van der Waals surface area contributed by atoms with Gasteiger partial charge in [0.15, 0.2) is 0 Å². The van der Waals surface area contributed by atoms with Gasteiger partial charge in [0.25, 0.3) is 0 Å². The lowest BCUT2D eigenvalue weighted by molar-refractivity contribution is 0.164. The summed E-state index contributed by atoms with van der Waals surface area (Å²) in [6.07, 6.45) is -0.0297. The van der Waals surface area contributed by atoms with Crippen molar-refractivity contribution in [2.45, 2.75) is 33.8 Å². The van der Waals surface area contributed by atoms with Crippen LogP contribution in [-0.2, 0) is 4.74 Å². The molecule has 0 radical (unpaired) electrons. The molecule has 0 aliphatic carbocycles. The van der Waals surface area contributed by atoms with Crippen LogP contribution in [0.4, 0.5) is 0 Å². The highest BCUT2D eigenvalue weighted by Crippen LogP contribution is 2.44. The minimum absolute atomic E-state index is 0.0297. The standard InChI is InChI=1S/C32H32O/c1-18(2)19(3)20(4)23-14-16-29-28-13-9-11-26-24(21(5)22(6)33-7)15-17-30(32(26)28)27-12-8-10-25(23)31(27)29/h8-19,22H,4-5H2,1-3,6-7H3/t19?,22-/m1/s1. The number of allylic oxidation sites excluding steroid dienone is 1. The van der Waals surface area contributed by atoms with Gasteiger partial charge in [-0.05, 0) is 84.1 Å². The topological polar surface area (TPSA) is 9.23 Å². The van der Waals surface area contributed by atoms with E-state index in [0.29, 0.717) is 11.8 Å². The van der Waals surface area contributed by atoms with E-state index in [-0.39, 0.29) is 6.10 Å². The van der Waals surface area contributed by atoms with Crippen LogP contribution in [0.1, 0.15) is 38.8 Å². The Balaban J connectivity index is 1.89. The van der Waals surface area contributed by atoms with E-state index >= 15 is 0 Å². The number of benzene rings is 5. The monoisotopic (exact) mass is 432 g/mol. The van der Waals surface area contributed by atoms with Gasteiger partial charge in [-0.15, -0.1) is 0 Å². The Morgan fingerprint density at radius 1 is 0.606 bits per heavy atom. The van der Waals surface area contributed by atoms with Crippen molar-refractivity contribution in [3.8, 4) is 0 Å². The SMILES string of the molecule is C=C(c1ccc2c3cccc4c(C(=C)[C@@H](C)OC)ccc(c5cccc1c25)c43)C(C)C(C)C. The molecule has 0 heterocycles. The fourth-order valence-corrected chi connectivity index (χ4v) is 5.28. The van der Waals surface area contributed by atoms with E-state index in [1.807, 2.05) is 0 Å². The Labute approximate surface area is 196 Å². The second-order valence-electron chi connectivity index (χ2n) is 9.74. The molecular weight excluding hydrogens is 400 g/mol.